The number of rotatable bonds is 12. The monoisotopic (exact) mass is 655 g/mol. The second-order valence-corrected chi connectivity index (χ2v) is 13.1. The van der Waals surface area contributed by atoms with Gasteiger partial charge in [-0.2, -0.15) is 5.10 Å². The van der Waals surface area contributed by atoms with Gasteiger partial charge in [-0.05, 0) is 69.3 Å². The van der Waals surface area contributed by atoms with Gasteiger partial charge in [-0.15, -0.1) is 0 Å². The van der Waals surface area contributed by atoms with E-state index in [1.165, 1.54) is 19.2 Å². The maximum atomic E-state index is 15.7. The van der Waals surface area contributed by atoms with Crippen molar-refractivity contribution in [3.63, 3.8) is 0 Å². The number of amides is 4. The minimum absolute atomic E-state index is 0.0350. The molecule has 4 rings (SSSR count). The number of benzene rings is 1. The van der Waals surface area contributed by atoms with Crippen LogP contribution in [0.1, 0.15) is 75.3 Å². The summed E-state index contributed by atoms with van der Waals surface area (Å²) in [5, 5.41) is 12.6. The Labute approximate surface area is 276 Å². The van der Waals surface area contributed by atoms with Crippen molar-refractivity contribution in [3.8, 4) is 0 Å². The first kappa shape index (κ1) is 36.0. The molecule has 47 heavy (non-hydrogen) atoms. The first-order valence-electron chi connectivity index (χ1n) is 16.6. The Balaban J connectivity index is 1.53. The fourth-order valence-electron chi connectivity index (χ4n) is 6.52. The molecule has 0 unspecified atom stereocenters. The Bertz CT molecular complexity index is 1410. The number of piperazine rings is 1. The average molecular weight is 656 g/mol. The van der Waals surface area contributed by atoms with Gasteiger partial charge in [-0.25, -0.2) is 4.39 Å². The molecule has 1 aromatic heterocycles. The van der Waals surface area contributed by atoms with E-state index >= 15 is 4.39 Å². The number of nitrogens with zero attached hydrogens (tertiary/aromatic N) is 4. The van der Waals surface area contributed by atoms with Crippen LogP contribution in [0.15, 0.2) is 30.5 Å². The van der Waals surface area contributed by atoms with E-state index in [1.54, 1.807) is 34.8 Å². The molecule has 12 nitrogen and oxygen atoms in total. The highest BCUT2D eigenvalue weighted by Gasteiger charge is 2.36. The maximum absolute atomic E-state index is 15.7. The number of ether oxygens (including phenoxy) is 1. The fourth-order valence-corrected chi connectivity index (χ4v) is 6.52. The molecular formula is C34H50FN7O5. The minimum Gasteiger partial charge on any atom is -0.375 e. The molecular weight excluding hydrogens is 605 g/mol. The fraction of sp³-hybridized carbons (Fsp3) is 0.618. The van der Waals surface area contributed by atoms with Crippen molar-refractivity contribution in [2.45, 2.75) is 84.0 Å². The lowest BCUT2D eigenvalue weighted by molar-refractivity contribution is -0.140. The van der Waals surface area contributed by atoms with Gasteiger partial charge in [0.25, 0.3) is 5.91 Å². The van der Waals surface area contributed by atoms with Gasteiger partial charge in [0.05, 0.1) is 5.69 Å². The first-order chi connectivity index (χ1) is 22.4. The van der Waals surface area contributed by atoms with Crippen LogP contribution in [-0.2, 0) is 25.7 Å². The summed E-state index contributed by atoms with van der Waals surface area (Å²) in [5.41, 5.74) is 0.802. The first-order valence-corrected chi connectivity index (χ1v) is 16.6. The lowest BCUT2D eigenvalue weighted by Gasteiger charge is -2.40. The molecule has 1 saturated heterocycles. The van der Waals surface area contributed by atoms with Crippen LogP contribution in [0, 0.1) is 17.7 Å². The quantitative estimate of drug-likeness (QED) is 0.320. The molecule has 0 radical (unpaired) electrons. The highest BCUT2D eigenvalue weighted by atomic mass is 19.1. The van der Waals surface area contributed by atoms with Crippen LogP contribution in [0.4, 0.5) is 10.1 Å². The van der Waals surface area contributed by atoms with Crippen molar-refractivity contribution in [2.75, 3.05) is 45.7 Å². The third kappa shape index (κ3) is 8.95. The Morgan fingerprint density at radius 3 is 2.43 bits per heavy atom. The SMILES string of the molecule is CCn1nccc1C(=O)N[C@H](C(=O)Nc1ccc([C@H](C)[C@@H](NC(=O)COC)C(=O)N2CCN(C)[C@H](C)C2)cc1F)C1CCC(C)CC1. The Morgan fingerprint density at radius 1 is 1.06 bits per heavy atom. The van der Waals surface area contributed by atoms with E-state index in [1.807, 2.05) is 20.9 Å². The third-order valence-corrected chi connectivity index (χ3v) is 9.76. The van der Waals surface area contributed by atoms with Crippen molar-refractivity contribution in [1.82, 2.24) is 30.2 Å². The number of hydrogen-bond acceptors (Lipinski definition) is 7. The van der Waals surface area contributed by atoms with Gasteiger partial charge >= 0.3 is 0 Å². The van der Waals surface area contributed by atoms with Crippen molar-refractivity contribution in [2.24, 2.45) is 11.8 Å². The zero-order valence-electron chi connectivity index (χ0n) is 28.4. The summed E-state index contributed by atoms with van der Waals surface area (Å²) in [6.45, 7) is 9.86. The second kappa shape index (κ2) is 16.3. The number of aromatic nitrogens is 2. The Kier molecular flexibility index (Phi) is 12.5. The summed E-state index contributed by atoms with van der Waals surface area (Å²) in [7, 11) is 3.40. The molecule has 2 fully saturated rings. The standard InChI is InChI=1S/C34H50FN7O5/c1-7-42-28(14-15-36-42)32(44)39-31(24-10-8-21(2)9-11-24)33(45)37-27-13-12-25(18-26(27)35)23(4)30(38-29(43)20-47-6)34(46)41-17-16-40(5)22(3)19-41/h12-15,18,21-24,30-31H,7-11,16-17,19-20H2,1-6H3,(H,37,45)(H,38,43)(H,39,44)/t21?,22-,23+,24?,30-,31+/m1/s1. The molecule has 4 amide bonds. The van der Waals surface area contributed by atoms with Crippen molar-refractivity contribution in [3.05, 3.63) is 47.5 Å². The molecule has 1 aromatic carbocycles. The van der Waals surface area contributed by atoms with E-state index in [9.17, 15) is 19.2 Å². The molecule has 1 saturated carbocycles. The molecule has 1 aliphatic carbocycles. The summed E-state index contributed by atoms with van der Waals surface area (Å²) in [6, 6.07) is 4.34. The van der Waals surface area contributed by atoms with Crippen LogP contribution >= 0.6 is 0 Å². The number of nitrogens with one attached hydrogen (secondary N) is 3. The number of carbonyl (C=O) groups is 4. The average Bonchev–Trinajstić information content (AvgIpc) is 3.54. The van der Waals surface area contributed by atoms with E-state index in [4.69, 9.17) is 4.74 Å². The molecule has 258 valence electrons. The molecule has 2 heterocycles. The topological polar surface area (TPSA) is 138 Å². The van der Waals surface area contributed by atoms with E-state index in [0.29, 0.717) is 43.4 Å². The normalized spacial score (nSPS) is 22.2. The maximum Gasteiger partial charge on any atom is 0.270 e. The van der Waals surface area contributed by atoms with Crippen LogP contribution in [-0.4, -0.2) is 102 Å². The largest absolute Gasteiger partial charge is 0.375 e. The summed E-state index contributed by atoms with van der Waals surface area (Å²) < 4.78 is 22.2. The number of anilines is 1. The number of aryl methyl sites for hydroxylation is 1. The van der Waals surface area contributed by atoms with Crippen molar-refractivity contribution < 1.29 is 28.3 Å². The van der Waals surface area contributed by atoms with E-state index in [2.05, 4.69) is 32.9 Å². The van der Waals surface area contributed by atoms with Gasteiger partial charge in [0.2, 0.25) is 17.7 Å². The third-order valence-electron chi connectivity index (χ3n) is 9.76. The predicted molar refractivity (Wildman–Crippen MR) is 176 cm³/mol. The molecule has 13 heteroatoms. The van der Waals surface area contributed by atoms with Crippen LogP contribution in [0.25, 0.3) is 0 Å². The van der Waals surface area contributed by atoms with Crippen LogP contribution in [0.2, 0.25) is 0 Å². The zero-order chi connectivity index (χ0) is 34.2. The van der Waals surface area contributed by atoms with Gasteiger partial charge in [-0.3, -0.25) is 23.9 Å². The van der Waals surface area contributed by atoms with Gasteiger partial charge in [-0.1, -0.05) is 32.8 Å². The minimum atomic E-state index is -0.946. The number of hydrogen-bond donors (Lipinski definition) is 3. The van der Waals surface area contributed by atoms with Crippen LogP contribution in [0.5, 0.6) is 0 Å². The molecule has 1 aliphatic heterocycles. The molecule has 2 aliphatic rings. The number of halogens is 1. The summed E-state index contributed by atoms with van der Waals surface area (Å²) in [5.74, 6) is -2.43. The second-order valence-electron chi connectivity index (χ2n) is 13.1. The van der Waals surface area contributed by atoms with Crippen LogP contribution < -0.4 is 16.0 Å². The van der Waals surface area contributed by atoms with Gasteiger partial charge in [0, 0.05) is 51.4 Å². The lowest BCUT2D eigenvalue weighted by Crippen LogP contribution is -2.58. The van der Waals surface area contributed by atoms with Gasteiger partial charge < -0.3 is 30.5 Å². The summed E-state index contributed by atoms with van der Waals surface area (Å²) in [6.07, 6.45) is 4.95. The van der Waals surface area contributed by atoms with Crippen molar-refractivity contribution in [1.29, 1.82) is 0 Å². The van der Waals surface area contributed by atoms with E-state index < -0.39 is 41.5 Å². The lowest BCUT2D eigenvalue weighted by atomic mass is 9.79. The van der Waals surface area contributed by atoms with E-state index in [-0.39, 0.29) is 30.2 Å². The highest BCUT2D eigenvalue weighted by molar-refractivity contribution is 6.00. The molecule has 0 spiro atoms. The van der Waals surface area contributed by atoms with E-state index in [0.717, 1.165) is 25.7 Å². The number of carbonyl (C=O) groups excluding carboxylic acids is 4. The van der Waals surface area contributed by atoms with Gasteiger partial charge in [0.15, 0.2) is 0 Å². The zero-order valence-corrected chi connectivity index (χ0v) is 28.4. The number of likely N-dealkylation sites (N-methyl/N-ethyl adjacent to an activating group) is 1. The highest BCUT2D eigenvalue weighted by Crippen LogP contribution is 2.32. The predicted octanol–water partition coefficient (Wildman–Crippen LogP) is 3.00. The van der Waals surface area contributed by atoms with Crippen molar-refractivity contribution >= 4 is 29.3 Å². The number of methoxy groups -OCH3 is 1. The van der Waals surface area contributed by atoms with Gasteiger partial charge in [0.1, 0.15) is 30.2 Å². The van der Waals surface area contributed by atoms with Crippen LogP contribution in [0.3, 0.4) is 0 Å². The molecule has 0 bridgehead atoms. The Morgan fingerprint density at radius 2 is 1.79 bits per heavy atom. The molecule has 3 N–H and O–H groups in total. The summed E-state index contributed by atoms with van der Waals surface area (Å²) in [4.78, 5) is 57.1. The smallest absolute Gasteiger partial charge is 0.270 e. The molecule has 4 atom stereocenters. The summed E-state index contributed by atoms with van der Waals surface area (Å²) >= 11 is 0. The molecule has 2 aromatic rings. The Hall–Kier alpha value is -3.84.